The van der Waals surface area contributed by atoms with Crippen LogP contribution < -0.4 is 11.5 Å². The number of carbonyl (C=O) groups excluding carboxylic acids is 1. The number of benzene rings is 1. The molecule has 0 aliphatic carbocycles. The number of nitrogens with two attached hydrogens (primary N) is 2. The molecule has 0 saturated carbocycles. The molecule has 22 heavy (non-hydrogen) atoms. The number of carbonyl (C=O) groups is 1. The van der Waals surface area contributed by atoms with Crippen LogP contribution in [-0.2, 0) is 10.0 Å². The zero-order valence-corrected chi connectivity index (χ0v) is 15.1. The van der Waals surface area contributed by atoms with Crippen molar-refractivity contribution in [2.75, 3.05) is 13.1 Å². The Hall–Kier alpha value is -0.670. The van der Waals surface area contributed by atoms with Gasteiger partial charge >= 0.3 is 0 Å². The maximum Gasteiger partial charge on any atom is 0.248 e. The van der Waals surface area contributed by atoms with Gasteiger partial charge in [-0.15, -0.1) is 12.4 Å². The molecule has 1 unspecified atom stereocenters. The van der Waals surface area contributed by atoms with Crippen LogP contribution in [0.4, 0.5) is 0 Å². The lowest BCUT2D eigenvalue weighted by atomic mass is 10.1. The molecule has 6 nitrogen and oxygen atoms in total. The van der Waals surface area contributed by atoms with Crippen molar-refractivity contribution in [1.82, 2.24) is 4.31 Å². The SMILES string of the molecule is Cl.NCC1CCCCN1S(=O)(=O)c1cc(Br)cc(C(N)=O)c1. The fourth-order valence-electron chi connectivity index (χ4n) is 2.52. The van der Waals surface area contributed by atoms with Crippen LogP contribution >= 0.6 is 28.3 Å². The molecule has 124 valence electrons. The van der Waals surface area contributed by atoms with E-state index in [1.807, 2.05) is 0 Å². The first kappa shape index (κ1) is 19.4. The van der Waals surface area contributed by atoms with E-state index < -0.39 is 15.9 Å². The monoisotopic (exact) mass is 411 g/mol. The van der Waals surface area contributed by atoms with Crippen molar-refractivity contribution in [1.29, 1.82) is 0 Å². The first-order valence-electron chi connectivity index (χ1n) is 6.68. The molecule has 1 saturated heterocycles. The van der Waals surface area contributed by atoms with E-state index in [2.05, 4.69) is 15.9 Å². The van der Waals surface area contributed by atoms with Gasteiger partial charge in [0, 0.05) is 29.2 Å². The Balaban J connectivity index is 0.00000242. The third-order valence-electron chi connectivity index (χ3n) is 3.61. The summed E-state index contributed by atoms with van der Waals surface area (Å²) in [5.41, 5.74) is 11.1. The van der Waals surface area contributed by atoms with Gasteiger partial charge in [0.1, 0.15) is 0 Å². The Morgan fingerprint density at radius 3 is 2.59 bits per heavy atom. The second-order valence-electron chi connectivity index (χ2n) is 5.04. The largest absolute Gasteiger partial charge is 0.366 e. The molecule has 1 fully saturated rings. The zero-order chi connectivity index (χ0) is 15.6. The summed E-state index contributed by atoms with van der Waals surface area (Å²) in [6.07, 6.45) is 2.54. The van der Waals surface area contributed by atoms with Crippen molar-refractivity contribution in [2.24, 2.45) is 11.5 Å². The summed E-state index contributed by atoms with van der Waals surface area (Å²) in [5, 5.41) is 0. The lowest BCUT2D eigenvalue weighted by Crippen LogP contribution is -2.47. The summed E-state index contributed by atoms with van der Waals surface area (Å²) >= 11 is 3.21. The summed E-state index contributed by atoms with van der Waals surface area (Å²) in [6.45, 7) is 0.735. The van der Waals surface area contributed by atoms with Crippen LogP contribution in [0.25, 0.3) is 0 Å². The Kier molecular flexibility index (Phi) is 6.82. The molecule has 1 aliphatic heterocycles. The minimum Gasteiger partial charge on any atom is -0.366 e. The van der Waals surface area contributed by atoms with Gasteiger partial charge in [0.25, 0.3) is 0 Å². The molecular formula is C13H19BrClN3O3S. The van der Waals surface area contributed by atoms with Crippen LogP contribution in [0.5, 0.6) is 0 Å². The highest BCUT2D eigenvalue weighted by atomic mass is 79.9. The molecule has 1 aromatic carbocycles. The molecule has 4 N–H and O–H groups in total. The Labute approximate surface area is 144 Å². The highest BCUT2D eigenvalue weighted by Gasteiger charge is 2.33. The lowest BCUT2D eigenvalue weighted by Gasteiger charge is -2.34. The van der Waals surface area contributed by atoms with Gasteiger partial charge in [-0.3, -0.25) is 4.79 Å². The van der Waals surface area contributed by atoms with Crippen LogP contribution in [0.15, 0.2) is 27.6 Å². The van der Waals surface area contributed by atoms with Crippen LogP contribution in [0, 0.1) is 0 Å². The first-order valence-corrected chi connectivity index (χ1v) is 8.92. The molecule has 0 aromatic heterocycles. The van der Waals surface area contributed by atoms with E-state index >= 15 is 0 Å². The summed E-state index contributed by atoms with van der Waals surface area (Å²) < 4.78 is 27.5. The van der Waals surface area contributed by atoms with Gasteiger partial charge in [-0.25, -0.2) is 8.42 Å². The highest BCUT2D eigenvalue weighted by molar-refractivity contribution is 9.10. The topological polar surface area (TPSA) is 106 Å². The predicted octanol–water partition coefficient (Wildman–Crippen LogP) is 1.47. The predicted molar refractivity (Wildman–Crippen MR) is 90.5 cm³/mol. The van der Waals surface area contributed by atoms with Crippen LogP contribution in [-0.4, -0.2) is 37.8 Å². The molecule has 2 rings (SSSR count). The third-order valence-corrected chi connectivity index (χ3v) is 6.00. The van der Waals surface area contributed by atoms with Gasteiger partial charge in [-0.05, 0) is 31.0 Å². The maximum atomic E-state index is 12.8. The zero-order valence-electron chi connectivity index (χ0n) is 11.9. The fourth-order valence-corrected chi connectivity index (χ4v) is 4.94. The van der Waals surface area contributed by atoms with Crippen LogP contribution in [0.2, 0.25) is 0 Å². The number of rotatable bonds is 4. The van der Waals surface area contributed by atoms with E-state index in [0.29, 0.717) is 11.0 Å². The molecule has 0 radical (unpaired) electrons. The second kappa shape index (κ2) is 7.74. The minimum atomic E-state index is -3.69. The lowest BCUT2D eigenvalue weighted by molar-refractivity contribution is 0.1000. The number of nitrogens with zero attached hydrogens (tertiary/aromatic N) is 1. The standard InChI is InChI=1S/C13H18BrN3O3S.ClH/c14-10-5-9(13(16)18)6-12(7-10)21(19,20)17-4-2-1-3-11(17)8-15;/h5-7,11H,1-4,8,15H2,(H2,16,18);1H. The molecule has 1 amide bonds. The molecule has 0 spiro atoms. The van der Waals surface area contributed by atoms with Gasteiger partial charge < -0.3 is 11.5 Å². The summed E-state index contributed by atoms with van der Waals surface area (Å²) in [7, 11) is -3.69. The molecule has 0 bridgehead atoms. The summed E-state index contributed by atoms with van der Waals surface area (Å²) in [5.74, 6) is -0.665. The number of halogens is 2. The average molecular weight is 413 g/mol. The normalized spacial score (nSPS) is 19.5. The number of amides is 1. The van der Waals surface area contributed by atoms with Crippen molar-refractivity contribution >= 4 is 44.3 Å². The van der Waals surface area contributed by atoms with Gasteiger partial charge in [0.2, 0.25) is 15.9 Å². The average Bonchev–Trinajstić information content (AvgIpc) is 2.46. The summed E-state index contributed by atoms with van der Waals surface area (Å²) in [6, 6.07) is 4.09. The van der Waals surface area contributed by atoms with Gasteiger partial charge in [-0.2, -0.15) is 4.31 Å². The number of primary amides is 1. The van der Waals surface area contributed by atoms with Crippen molar-refractivity contribution in [3.8, 4) is 0 Å². The first-order chi connectivity index (χ1) is 9.86. The summed E-state index contributed by atoms with van der Waals surface area (Å²) in [4.78, 5) is 11.4. The van der Waals surface area contributed by atoms with Crippen molar-refractivity contribution in [2.45, 2.75) is 30.2 Å². The van der Waals surface area contributed by atoms with E-state index in [4.69, 9.17) is 11.5 Å². The van der Waals surface area contributed by atoms with E-state index in [-0.39, 0.29) is 35.5 Å². The number of hydrogen-bond acceptors (Lipinski definition) is 4. The molecule has 1 aliphatic rings. The minimum absolute atomic E-state index is 0. The quantitative estimate of drug-likeness (QED) is 0.781. The van der Waals surface area contributed by atoms with Gasteiger partial charge in [0.05, 0.1) is 4.90 Å². The number of sulfonamides is 1. The Morgan fingerprint density at radius 2 is 2.00 bits per heavy atom. The van der Waals surface area contributed by atoms with E-state index in [9.17, 15) is 13.2 Å². The smallest absolute Gasteiger partial charge is 0.248 e. The number of hydrogen-bond donors (Lipinski definition) is 2. The highest BCUT2D eigenvalue weighted by Crippen LogP contribution is 2.27. The molecule has 9 heteroatoms. The number of piperidine rings is 1. The Morgan fingerprint density at radius 1 is 1.32 bits per heavy atom. The van der Waals surface area contributed by atoms with Gasteiger partial charge in [-0.1, -0.05) is 22.4 Å². The maximum absolute atomic E-state index is 12.8. The molecular weight excluding hydrogens is 394 g/mol. The second-order valence-corrected chi connectivity index (χ2v) is 7.85. The van der Waals surface area contributed by atoms with E-state index in [1.165, 1.54) is 22.5 Å². The van der Waals surface area contributed by atoms with E-state index in [1.54, 1.807) is 0 Å². The third kappa shape index (κ3) is 3.99. The van der Waals surface area contributed by atoms with Crippen molar-refractivity contribution in [3.05, 3.63) is 28.2 Å². The Bertz CT molecular complexity index is 654. The van der Waals surface area contributed by atoms with E-state index in [0.717, 1.165) is 19.3 Å². The molecule has 1 heterocycles. The fraction of sp³-hybridized carbons (Fsp3) is 0.462. The van der Waals surface area contributed by atoms with Crippen LogP contribution in [0.3, 0.4) is 0 Å². The molecule has 1 aromatic rings. The van der Waals surface area contributed by atoms with Crippen LogP contribution in [0.1, 0.15) is 29.6 Å². The van der Waals surface area contributed by atoms with Gasteiger partial charge in [0.15, 0.2) is 0 Å². The molecule has 1 atom stereocenters. The van der Waals surface area contributed by atoms with Crippen molar-refractivity contribution in [3.63, 3.8) is 0 Å². The van der Waals surface area contributed by atoms with Crippen molar-refractivity contribution < 1.29 is 13.2 Å².